The van der Waals surface area contributed by atoms with Crippen molar-refractivity contribution in [3.63, 3.8) is 0 Å². The first-order chi connectivity index (χ1) is 8.49. The monoisotopic (exact) mass is 277 g/mol. The molecule has 1 heterocycles. The summed E-state index contributed by atoms with van der Waals surface area (Å²) in [7, 11) is -3.44. The number of rotatable bonds is 7. The van der Waals surface area contributed by atoms with Crippen LogP contribution in [0.4, 0.5) is 0 Å². The SMILES string of the molecule is O=C(O)CCS(=O)(=O)N(CC1CCOC1)C1CC1. The fraction of sp³-hybridized carbons (Fsp3) is 0.909. The number of hydrogen-bond donors (Lipinski definition) is 1. The second-order valence-corrected chi connectivity index (χ2v) is 7.03. The topological polar surface area (TPSA) is 83.9 Å². The Balaban J connectivity index is 1.97. The Hall–Kier alpha value is -0.660. The lowest BCUT2D eigenvalue weighted by atomic mass is 10.1. The normalized spacial score (nSPS) is 24.6. The highest BCUT2D eigenvalue weighted by Gasteiger charge is 2.38. The van der Waals surface area contributed by atoms with Crippen LogP contribution >= 0.6 is 0 Å². The molecule has 2 aliphatic rings. The van der Waals surface area contributed by atoms with Gasteiger partial charge < -0.3 is 9.84 Å². The van der Waals surface area contributed by atoms with Gasteiger partial charge in [-0.05, 0) is 25.2 Å². The summed E-state index contributed by atoms with van der Waals surface area (Å²) in [5.41, 5.74) is 0. The lowest BCUT2D eigenvalue weighted by Crippen LogP contribution is -2.39. The van der Waals surface area contributed by atoms with E-state index in [9.17, 15) is 13.2 Å². The van der Waals surface area contributed by atoms with Crippen LogP contribution in [0.25, 0.3) is 0 Å². The van der Waals surface area contributed by atoms with Crippen LogP contribution in [0.5, 0.6) is 0 Å². The molecule has 6 nitrogen and oxygen atoms in total. The van der Waals surface area contributed by atoms with Gasteiger partial charge in [-0.3, -0.25) is 4.79 Å². The number of hydrogen-bond acceptors (Lipinski definition) is 4. The van der Waals surface area contributed by atoms with E-state index in [1.165, 1.54) is 4.31 Å². The van der Waals surface area contributed by atoms with E-state index in [0.29, 0.717) is 19.8 Å². The van der Waals surface area contributed by atoms with Gasteiger partial charge >= 0.3 is 5.97 Å². The van der Waals surface area contributed by atoms with Crippen molar-refractivity contribution in [3.8, 4) is 0 Å². The van der Waals surface area contributed by atoms with Crippen LogP contribution in [0.3, 0.4) is 0 Å². The lowest BCUT2D eigenvalue weighted by Gasteiger charge is -2.24. The summed E-state index contributed by atoms with van der Waals surface area (Å²) in [4.78, 5) is 10.5. The van der Waals surface area contributed by atoms with E-state index in [2.05, 4.69) is 0 Å². The first kappa shape index (κ1) is 13.8. The van der Waals surface area contributed by atoms with Crippen LogP contribution in [-0.2, 0) is 19.6 Å². The van der Waals surface area contributed by atoms with Crippen molar-refractivity contribution in [1.82, 2.24) is 4.31 Å². The second kappa shape index (κ2) is 5.54. The number of carboxylic acid groups (broad SMARTS) is 1. The highest BCUT2D eigenvalue weighted by atomic mass is 32.2. The molecule has 1 unspecified atom stereocenters. The van der Waals surface area contributed by atoms with Gasteiger partial charge in [0.15, 0.2) is 0 Å². The summed E-state index contributed by atoms with van der Waals surface area (Å²) in [6.07, 6.45) is 2.34. The molecule has 18 heavy (non-hydrogen) atoms. The summed E-state index contributed by atoms with van der Waals surface area (Å²) < 4.78 is 31.0. The largest absolute Gasteiger partial charge is 0.481 e. The minimum Gasteiger partial charge on any atom is -0.481 e. The Bertz CT molecular complexity index is 398. The maximum absolute atomic E-state index is 12.1. The molecular formula is C11H19NO5S. The smallest absolute Gasteiger partial charge is 0.304 e. The zero-order valence-corrected chi connectivity index (χ0v) is 11.1. The minimum atomic E-state index is -3.44. The third kappa shape index (κ3) is 3.66. The average Bonchev–Trinajstić information content (AvgIpc) is 3.00. The third-order valence-electron chi connectivity index (χ3n) is 3.35. The second-order valence-electron chi connectivity index (χ2n) is 4.99. The van der Waals surface area contributed by atoms with Crippen molar-refractivity contribution >= 4 is 16.0 Å². The molecule has 0 spiro atoms. The van der Waals surface area contributed by atoms with Gasteiger partial charge in [0.05, 0.1) is 18.8 Å². The van der Waals surface area contributed by atoms with Gasteiger partial charge in [-0.1, -0.05) is 0 Å². The summed E-state index contributed by atoms with van der Waals surface area (Å²) >= 11 is 0. The highest BCUT2D eigenvalue weighted by molar-refractivity contribution is 7.89. The summed E-state index contributed by atoms with van der Waals surface area (Å²) in [5, 5.41) is 8.59. The summed E-state index contributed by atoms with van der Waals surface area (Å²) in [6.45, 7) is 1.78. The molecule has 104 valence electrons. The fourth-order valence-corrected chi connectivity index (χ4v) is 3.94. The van der Waals surface area contributed by atoms with E-state index >= 15 is 0 Å². The Morgan fingerprint density at radius 3 is 2.56 bits per heavy atom. The molecule has 1 saturated carbocycles. The van der Waals surface area contributed by atoms with Crippen molar-refractivity contribution in [2.24, 2.45) is 5.92 Å². The predicted octanol–water partition coefficient (Wildman–Crippen LogP) is 0.292. The Kier molecular flexibility index (Phi) is 4.24. The molecule has 1 saturated heterocycles. The average molecular weight is 277 g/mol. The quantitative estimate of drug-likeness (QED) is 0.723. The minimum absolute atomic E-state index is 0.0874. The Morgan fingerprint density at radius 1 is 1.33 bits per heavy atom. The zero-order chi connectivity index (χ0) is 13.2. The zero-order valence-electron chi connectivity index (χ0n) is 10.2. The van der Waals surface area contributed by atoms with Crippen LogP contribution in [0.2, 0.25) is 0 Å². The van der Waals surface area contributed by atoms with Crippen molar-refractivity contribution in [1.29, 1.82) is 0 Å². The van der Waals surface area contributed by atoms with Gasteiger partial charge in [-0.15, -0.1) is 0 Å². The van der Waals surface area contributed by atoms with Gasteiger partial charge in [-0.2, -0.15) is 4.31 Å². The predicted molar refractivity (Wildman–Crippen MR) is 64.7 cm³/mol. The third-order valence-corrected chi connectivity index (χ3v) is 5.23. The number of ether oxygens (including phenoxy) is 1. The molecule has 0 aromatic carbocycles. The van der Waals surface area contributed by atoms with Crippen molar-refractivity contribution in [2.75, 3.05) is 25.5 Å². The lowest BCUT2D eigenvalue weighted by molar-refractivity contribution is -0.136. The van der Waals surface area contributed by atoms with Crippen LogP contribution in [0, 0.1) is 5.92 Å². The molecule has 1 atom stereocenters. The number of carbonyl (C=O) groups is 1. The molecule has 0 radical (unpaired) electrons. The number of aliphatic carboxylic acids is 1. The highest BCUT2D eigenvalue weighted by Crippen LogP contribution is 2.31. The molecule has 0 bridgehead atoms. The van der Waals surface area contributed by atoms with E-state index in [1.54, 1.807) is 0 Å². The van der Waals surface area contributed by atoms with Crippen LogP contribution in [0.1, 0.15) is 25.7 Å². The molecular weight excluding hydrogens is 258 g/mol. The van der Waals surface area contributed by atoms with E-state index in [0.717, 1.165) is 19.3 Å². The molecule has 1 aliphatic carbocycles. The van der Waals surface area contributed by atoms with E-state index in [-0.39, 0.29) is 24.1 Å². The van der Waals surface area contributed by atoms with Crippen LogP contribution in [0.15, 0.2) is 0 Å². The maximum Gasteiger partial charge on any atom is 0.304 e. The molecule has 1 N–H and O–H groups in total. The standard InChI is InChI=1S/C11H19NO5S/c13-11(14)4-6-18(15,16)12(10-1-2-10)7-9-3-5-17-8-9/h9-10H,1-8H2,(H,13,14). The van der Waals surface area contributed by atoms with Crippen molar-refractivity contribution in [3.05, 3.63) is 0 Å². The van der Waals surface area contributed by atoms with Gasteiger partial charge in [-0.25, -0.2) is 8.42 Å². The summed E-state index contributed by atoms with van der Waals surface area (Å²) in [6, 6.07) is 0.0874. The Morgan fingerprint density at radius 2 is 2.06 bits per heavy atom. The van der Waals surface area contributed by atoms with Crippen LogP contribution < -0.4 is 0 Å². The number of nitrogens with zero attached hydrogens (tertiary/aromatic N) is 1. The molecule has 0 amide bonds. The molecule has 0 aromatic heterocycles. The number of sulfonamides is 1. The summed E-state index contributed by atoms with van der Waals surface area (Å²) in [5.74, 6) is -1.12. The van der Waals surface area contributed by atoms with Gasteiger partial charge in [0.1, 0.15) is 0 Å². The molecule has 1 aliphatic heterocycles. The van der Waals surface area contributed by atoms with Crippen molar-refractivity contribution in [2.45, 2.75) is 31.7 Å². The van der Waals surface area contributed by atoms with Gasteiger partial charge in [0, 0.05) is 19.2 Å². The van der Waals surface area contributed by atoms with E-state index in [4.69, 9.17) is 9.84 Å². The first-order valence-corrected chi connectivity index (χ1v) is 7.89. The van der Waals surface area contributed by atoms with E-state index < -0.39 is 16.0 Å². The van der Waals surface area contributed by atoms with Gasteiger partial charge in [0.2, 0.25) is 10.0 Å². The number of carboxylic acids is 1. The maximum atomic E-state index is 12.1. The first-order valence-electron chi connectivity index (χ1n) is 6.28. The molecule has 2 fully saturated rings. The van der Waals surface area contributed by atoms with Crippen molar-refractivity contribution < 1.29 is 23.1 Å². The van der Waals surface area contributed by atoms with Gasteiger partial charge in [0.25, 0.3) is 0 Å². The van der Waals surface area contributed by atoms with Crippen LogP contribution in [-0.4, -0.2) is 55.4 Å². The fourth-order valence-electron chi connectivity index (χ4n) is 2.17. The molecule has 0 aromatic rings. The molecule has 7 heteroatoms. The van der Waals surface area contributed by atoms with E-state index in [1.807, 2.05) is 0 Å². The molecule has 2 rings (SSSR count). The Labute approximate surface area is 107 Å².